The van der Waals surface area contributed by atoms with Crippen molar-refractivity contribution >= 4 is 40.6 Å². The Morgan fingerprint density at radius 1 is 1.24 bits per heavy atom. The molecule has 0 bridgehead atoms. The van der Waals surface area contributed by atoms with E-state index in [-0.39, 0.29) is 31.1 Å². The van der Waals surface area contributed by atoms with E-state index >= 15 is 0 Å². The van der Waals surface area contributed by atoms with Crippen molar-refractivity contribution in [3.63, 3.8) is 0 Å². The van der Waals surface area contributed by atoms with Gasteiger partial charge in [-0.25, -0.2) is 4.79 Å². The Balaban J connectivity index is 1.47. The number of nitrogens with zero attached hydrogens (tertiary/aromatic N) is 2. The quantitative estimate of drug-likeness (QED) is 0.307. The number of benzene rings is 2. The van der Waals surface area contributed by atoms with Gasteiger partial charge in [-0.3, -0.25) is 4.79 Å². The highest BCUT2D eigenvalue weighted by Gasteiger charge is 2.33. The normalized spacial score (nSPS) is 14.7. The van der Waals surface area contributed by atoms with Crippen LogP contribution in [0, 0.1) is 0 Å². The molecule has 1 aromatic heterocycles. The van der Waals surface area contributed by atoms with Gasteiger partial charge in [0.15, 0.2) is 0 Å². The summed E-state index contributed by atoms with van der Waals surface area (Å²) in [4.78, 5) is 31.1. The lowest BCUT2D eigenvalue weighted by Gasteiger charge is -2.37. The number of hydrogen-bond donors (Lipinski definition) is 1. The second-order valence-electron chi connectivity index (χ2n) is 9.30. The molecule has 194 valence electrons. The Bertz CT molecular complexity index is 1240. The molecule has 0 unspecified atom stereocenters. The smallest absolute Gasteiger partial charge is 0.322 e. The van der Waals surface area contributed by atoms with Crippen LogP contribution >= 0.6 is 22.9 Å². The van der Waals surface area contributed by atoms with E-state index in [0.717, 1.165) is 17.7 Å². The number of rotatable bonds is 9. The summed E-state index contributed by atoms with van der Waals surface area (Å²) in [7, 11) is 0. The molecule has 0 saturated carbocycles. The number of fused-ring (bicyclic) bond motifs is 1. The molecule has 4 rings (SSSR count). The summed E-state index contributed by atoms with van der Waals surface area (Å²) < 4.78 is 6.17. The van der Waals surface area contributed by atoms with Gasteiger partial charge < -0.3 is 19.9 Å². The molecule has 2 heterocycles. The van der Waals surface area contributed by atoms with Crippen molar-refractivity contribution in [2.45, 2.75) is 32.2 Å². The first kappa shape index (κ1) is 26.8. The largest absolute Gasteiger partial charge is 0.491 e. The van der Waals surface area contributed by atoms with Crippen LogP contribution in [0.25, 0.3) is 0 Å². The lowest BCUT2D eigenvalue weighted by Crippen LogP contribution is -2.48. The van der Waals surface area contributed by atoms with E-state index in [4.69, 9.17) is 16.3 Å². The summed E-state index contributed by atoms with van der Waals surface area (Å²) in [6.07, 6.45) is 2.40. The average molecular weight is 538 g/mol. The van der Waals surface area contributed by atoms with Crippen LogP contribution in [0.15, 0.2) is 72.6 Å². The Morgan fingerprint density at radius 3 is 2.73 bits per heavy atom. The predicted molar refractivity (Wildman–Crippen MR) is 151 cm³/mol. The van der Waals surface area contributed by atoms with Crippen LogP contribution in [0.4, 0.5) is 10.5 Å². The average Bonchev–Trinajstić information content (AvgIpc) is 3.36. The van der Waals surface area contributed by atoms with Crippen LogP contribution in [0.1, 0.15) is 41.8 Å². The van der Waals surface area contributed by atoms with E-state index < -0.39 is 0 Å². The fourth-order valence-corrected chi connectivity index (χ4v) is 5.52. The molecular weight excluding hydrogens is 506 g/mol. The third-order valence-electron chi connectivity index (χ3n) is 6.41. The van der Waals surface area contributed by atoms with Gasteiger partial charge in [0, 0.05) is 28.7 Å². The first-order chi connectivity index (χ1) is 17.9. The lowest BCUT2D eigenvalue weighted by molar-refractivity contribution is -0.135. The van der Waals surface area contributed by atoms with Crippen molar-refractivity contribution in [1.82, 2.24) is 9.80 Å². The fraction of sp³-hybridized carbons (Fsp3) is 0.310. The third-order valence-corrected chi connectivity index (χ3v) is 7.64. The summed E-state index contributed by atoms with van der Waals surface area (Å²) in [6.45, 7) is 9.15. The minimum atomic E-state index is -0.387. The number of anilines is 1. The van der Waals surface area contributed by atoms with Crippen LogP contribution in [0.2, 0.25) is 5.02 Å². The third kappa shape index (κ3) is 6.73. The first-order valence-corrected chi connectivity index (χ1v) is 13.6. The minimum Gasteiger partial charge on any atom is -0.491 e. The van der Waals surface area contributed by atoms with Crippen molar-refractivity contribution in [2.24, 2.45) is 0 Å². The molecule has 0 fully saturated rings. The fourth-order valence-electron chi connectivity index (χ4n) is 4.40. The second kappa shape index (κ2) is 12.3. The van der Waals surface area contributed by atoms with E-state index in [1.54, 1.807) is 41.7 Å². The molecule has 3 amide bonds. The zero-order valence-corrected chi connectivity index (χ0v) is 22.7. The number of halogens is 1. The van der Waals surface area contributed by atoms with Gasteiger partial charge in [0.05, 0.1) is 6.04 Å². The van der Waals surface area contributed by atoms with Gasteiger partial charge in [0.1, 0.15) is 18.9 Å². The number of amides is 3. The Hall–Kier alpha value is -3.29. The summed E-state index contributed by atoms with van der Waals surface area (Å²) >= 11 is 7.75. The van der Waals surface area contributed by atoms with Crippen molar-refractivity contribution in [3.8, 4) is 5.75 Å². The highest BCUT2D eigenvalue weighted by atomic mass is 35.5. The van der Waals surface area contributed by atoms with Gasteiger partial charge in [-0.1, -0.05) is 49.7 Å². The zero-order chi connectivity index (χ0) is 26.4. The second-order valence-corrected chi connectivity index (χ2v) is 10.7. The van der Waals surface area contributed by atoms with Crippen molar-refractivity contribution in [1.29, 1.82) is 0 Å². The van der Waals surface area contributed by atoms with E-state index in [1.807, 2.05) is 17.0 Å². The summed E-state index contributed by atoms with van der Waals surface area (Å²) in [5.74, 6) is 1.08. The number of nitrogens with one attached hydrogen (secondary N) is 1. The molecule has 1 aliphatic rings. The van der Waals surface area contributed by atoms with E-state index in [9.17, 15) is 9.59 Å². The molecule has 0 spiro atoms. The molecule has 6 nitrogen and oxygen atoms in total. The number of hydrogen-bond acceptors (Lipinski definition) is 4. The Morgan fingerprint density at radius 2 is 2.03 bits per heavy atom. The standard InChI is InChI=1S/C29H32ClN3O3S/c1-4-14-32(29(35)31-23-7-5-6-22(30)17-23)18-28(34)33-15-12-27-25(13-16-37-27)26(33)19-36-24-10-8-21(9-11-24)20(2)3/h4-11,13,16-17,20,26H,1,12,14-15,18-19H2,2-3H3,(H,31,35)/t26-/m1/s1. The number of urea groups is 1. The summed E-state index contributed by atoms with van der Waals surface area (Å²) in [6, 6.07) is 16.5. The predicted octanol–water partition coefficient (Wildman–Crippen LogP) is 6.75. The highest BCUT2D eigenvalue weighted by Crippen LogP contribution is 2.34. The molecule has 1 atom stereocenters. The van der Waals surface area contributed by atoms with Crippen molar-refractivity contribution in [2.75, 3.05) is 31.6 Å². The highest BCUT2D eigenvalue weighted by molar-refractivity contribution is 7.10. The maximum atomic E-state index is 13.6. The van der Waals surface area contributed by atoms with Gasteiger partial charge in [-0.05, 0) is 65.2 Å². The van der Waals surface area contributed by atoms with Gasteiger partial charge in [-0.2, -0.15) is 0 Å². The lowest BCUT2D eigenvalue weighted by atomic mass is 10.00. The number of ether oxygens (including phenoxy) is 1. The number of carbonyl (C=O) groups is 2. The number of thiophene rings is 1. The van der Waals surface area contributed by atoms with Gasteiger partial charge in [0.2, 0.25) is 5.91 Å². The molecule has 3 aromatic rings. The molecule has 8 heteroatoms. The number of carbonyl (C=O) groups excluding carboxylic acids is 2. The minimum absolute atomic E-state index is 0.0719. The Kier molecular flexibility index (Phi) is 8.90. The Labute approximate surface area is 227 Å². The van der Waals surface area contributed by atoms with Gasteiger partial charge in [-0.15, -0.1) is 17.9 Å². The molecule has 37 heavy (non-hydrogen) atoms. The summed E-state index contributed by atoms with van der Waals surface area (Å²) in [5.41, 5.74) is 2.93. The van der Waals surface area contributed by atoms with Crippen LogP contribution in [-0.2, 0) is 11.2 Å². The topological polar surface area (TPSA) is 61.9 Å². The van der Waals surface area contributed by atoms with Crippen molar-refractivity contribution < 1.29 is 14.3 Å². The van der Waals surface area contributed by atoms with Crippen LogP contribution in [-0.4, -0.2) is 48.0 Å². The SMILES string of the molecule is C=CCN(CC(=O)N1CCc2sccc2[C@H]1COc1ccc(C(C)C)cc1)C(=O)Nc1cccc(Cl)c1. The first-order valence-electron chi connectivity index (χ1n) is 12.4. The van der Waals surface area contributed by atoms with Gasteiger partial charge in [0.25, 0.3) is 0 Å². The molecule has 1 aliphatic heterocycles. The zero-order valence-electron chi connectivity index (χ0n) is 21.2. The summed E-state index contributed by atoms with van der Waals surface area (Å²) in [5, 5.41) is 5.40. The maximum absolute atomic E-state index is 13.6. The monoisotopic (exact) mass is 537 g/mol. The molecule has 0 radical (unpaired) electrons. The molecule has 0 saturated heterocycles. The molecule has 0 aliphatic carbocycles. The molecule has 2 aromatic carbocycles. The van der Waals surface area contributed by atoms with Crippen LogP contribution in [0.5, 0.6) is 5.75 Å². The van der Waals surface area contributed by atoms with Gasteiger partial charge >= 0.3 is 6.03 Å². The van der Waals surface area contributed by atoms with E-state index in [1.165, 1.54) is 15.3 Å². The molecule has 1 N–H and O–H groups in total. The van der Waals surface area contributed by atoms with E-state index in [2.05, 4.69) is 49.3 Å². The van der Waals surface area contributed by atoms with Crippen LogP contribution in [0.3, 0.4) is 0 Å². The maximum Gasteiger partial charge on any atom is 0.322 e. The van der Waals surface area contributed by atoms with E-state index in [0.29, 0.717) is 29.8 Å². The van der Waals surface area contributed by atoms with Crippen LogP contribution < -0.4 is 10.1 Å². The van der Waals surface area contributed by atoms with Crippen molar-refractivity contribution in [3.05, 3.63) is 93.7 Å². The molecular formula is C29H32ClN3O3S.